The van der Waals surface area contributed by atoms with E-state index < -0.39 is 0 Å². The fourth-order valence-electron chi connectivity index (χ4n) is 8.00. The van der Waals surface area contributed by atoms with Crippen molar-refractivity contribution in [3.05, 3.63) is 139 Å². The van der Waals surface area contributed by atoms with Gasteiger partial charge in [-0.05, 0) is 59.3 Å². The van der Waals surface area contributed by atoms with E-state index in [1.54, 1.807) is 6.20 Å². The molecule has 0 atom stereocenters. The molecule has 6 heteroatoms. The summed E-state index contributed by atoms with van der Waals surface area (Å²) in [4.78, 5) is 15.1. The molecule has 0 spiro atoms. The van der Waals surface area contributed by atoms with Crippen molar-refractivity contribution in [1.29, 1.82) is 5.26 Å². The molecule has 0 aliphatic rings. The van der Waals surface area contributed by atoms with Gasteiger partial charge in [-0.2, -0.15) is 10.2 Å². The minimum absolute atomic E-state index is 0.538. The summed E-state index contributed by atoms with van der Waals surface area (Å²) < 4.78 is 4.64. The van der Waals surface area contributed by atoms with Crippen molar-refractivity contribution in [2.45, 2.75) is 0 Å². The van der Waals surface area contributed by atoms with Crippen LogP contribution in [0.1, 0.15) is 5.56 Å². The third-order valence-electron chi connectivity index (χ3n) is 9.92. The van der Waals surface area contributed by atoms with Gasteiger partial charge in [-0.3, -0.25) is 4.57 Å². The van der Waals surface area contributed by atoms with Crippen molar-refractivity contribution in [2.24, 2.45) is 0 Å². The molecule has 0 unspecified atom stereocenters. The molecular formula is C42H22N6. The molecule has 0 bridgehead atoms. The molecule has 6 aromatic carbocycles. The van der Waals surface area contributed by atoms with Crippen LogP contribution in [-0.2, 0) is 0 Å². The first-order valence-corrected chi connectivity index (χ1v) is 15.9. The smallest absolute Gasteiger partial charge is 0.237 e. The highest BCUT2D eigenvalue weighted by molar-refractivity contribution is 6.38. The van der Waals surface area contributed by atoms with Crippen LogP contribution in [0.2, 0.25) is 0 Å². The molecule has 0 saturated heterocycles. The fourth-order valence-corrected chi connectivity index (χ4v) is 8.00. The summed E-state index contributed by atoms with van der Waals surface area (Å²) in [6.45, 7) is 0. The van der Waals surface area contributed by atoms with Crippen molar-refractivity contribution in [1.82, 2.24) is 23.9 Å². The van der Waals surface area contributed by atoms with E-state index >= 15 is 0 Å². The first-order chi connectivity index (χ1) is 23.8. The molecule has 0 fully saturated rings. The lowest BCUT2D eigenvalue weighted by Crippen LogP contribution is -2.04. The lowest BCUT2D eigenvalue weighted by atomic mass is 9.98. The molecule has 0 radical (unpaired) electrons. The molecule has 6 nitrogen and oxygen atoms in total. The molecule has 0 N–H and O–H groups in total. The number of hydrogen-bond acceptors (Lipinski definition) is 4. The maximum absolute atomic E-state index is 9.70. The molecule has 0 aliphatic heterocycles. The van der Waals surface area contributed by atoms with Gasteiger partial charge < -0.3 is 4.40 Å². The fraction of sp³-hybridized carbons (Fsp3) is 0. The van der Waals surface area contributed by atoms with Crippen molar-refractivity contribution < 1.29 is 0 Å². The Morgan fingerprint density at radius 1 is 0.542 bits per heavy atom. The molecule has 11 aromatic rings. The quantitative estimate of drug-likeness (QED) is 0.195. The second-order valence-electron chi connectivity index (χ2n) is 12.4. The predicted molar refractivity (Wildman–Crippen MR) is 194 cm³/mol. The van der Waals surface area contributed by atoms with E-state index in [-0.39, 0.29) is 0 Å². The minimum Gasteiger partial charge on any atom is -0.308 e. The van der Waals surface area contributed by atoms with E-state index in [0.717, 1.165) is 33.1 Å². The zero-order valence-electron chi connectivity index (χ0n) is 25.4. The zero-order chi connectivity index (χ0) is 31.5. The molecule has 11 rings (SSSR count). The molecule has 5 aromatic heterocycles. The Labute approximate surface area is 272 Å². The topological polar surface area (TPSA) is 71.8 Å². The van der Waals surface area contributed by atoms with E-state index in [1.807, 2.05) is 36.4 Å². The highest BCUT2D eigenvalue weighted by Crippen LogP contribution is 2.48. The van der Waals surface area contributed by atoms with Gasteiger partial charge in [0.05, 0.1) is 44.9 Å². The maximum atomic E-state index is 9.70. The molecular weight excluding hydrogens is 589 g/mol. The Bertz CT molecular complexity index is 3200. The van der Waals surface area contributed by atoms with Gasteiger partial charge >= 0.3 is 0 Å². The van der Waals surface area contributed by atoms with E-state index in [0.29, 0.717) is 17.2 Å². The SMILES string of the molecule is N#Cc1cccc(-c2nc(-n3c4ccccc4c4c5c6c7ccccc7ccc6n6c7ccccc7c(cc43)c56)nc3ncccc23)c1. The number of para-hydroxylation sites is 2. The Balaban J connectivity index is 1.38. The number of nitriles is 1. The van der Waals surface area contributed by atoms with Crippen LogP contribution in [-0.4, -0.2) is 23.9 Å². The van der Waals surface area contributed by atoms with Crippen molar-refractivity contribution in [3.8, 4) is 23.3 Å². The molecule has 220 valence electrons. The van der Waals surface area contributed by atoms with Crippen molar-refractivity contribution >= 4 is 81.7 Å². The van der Waals surface area contributed by atoms with Gasteiger partial charge in [0.25, 0.3) is 0 Å². The van der Waals surface area contributed by atoms with Gasteiger partial charge in [-0.15, -0.1) is 0 Å². The highest BCUT2D eigenvalue weighted by atomic mass is 15.2. The Morgan fingerprint density at radius 2 is 1.31 bits per heavy atom. The number of hydrogen-bond donors (Lipinski definition) is 0. The first kappa shape index (κ1) is 25.4. The highest BCUT2D eigenvalue weighted by Gasteiger charge is 2.26. The zero-order valence-corrected chi connectivity index (χ0v) is 25.4. The number of fused-ring (bicyclic) bond motifs is 13. The monoisotopic (exact) mass is 610 g/mol. The van der Waals surface area contributed by atoms with Gasteiger partial charge in [-0.1, -0.05) is 78.9 Å². The normalized spacial score (nSPS) is 12.1. The average Bonchev–Trinajstić information content (AvgIpc) is 3.79. The summed E-state index contributed by atoms with van der Waals surface area (Å²) in [6, 6.07) is 46.5. The molecule has 5 heterocycles. The second kappa shape index (κ2) is 9.12. The van der Waals surface area contributed by atoms with Crippen LogP contribution < -0.4 is 0 Å². The Hall–Kier alpha value is -6.84. The molecule has 0 saturated carbocycles. The lowest BCUT2D eigenvalue weighted by molar-refractivity contribution is 1.01. The van der Waals surface area contributed by atoms with Crippen LogP contribution >= 0.6 is 0 Å². The molecule has 0 aliphatic carbocycles. The first-order valence-electron chi connectivity index (χ1n) is 15.9. The summed E-state index contributed by atoms with van der Waals surface area (Å²) in [6.07, 6.45) is 1.77. The van der Waals surface area contributed by atoms with Crippen molar-refractivity contribution in [3.63, 3.8) is 0 Å². The molecule has 0 amide bonds. The minimum atomic E-state index is 0.538. The van der Waals surface area contributed by atoms with Gasteiger partial charge in [0, 0.05) is 49.5 Å². The van der Waals surface area contributed by atoms with E-state index in [1.165, 1.54) is 54.3 Å². The van der Waals surface area contributed by atoms with E-state index in [4.69, 9.17) is 15.0 Å². The number of rotatable bonds is 2. The van der Waals surface area contributed by atoms with Gasteiger partial charge in [0.2, 0.25) is 5.95 Å². The number of nitrogens with zero attached hydrogens (tertiary/aromatic N) is 6. The summed E-state index contributed by atoms with van der Waals surface area (Å²) in [5.74, 6) is 0.538. The third kappa shape index (κ3) is 3.17. The summed E-state index contributed by atoms with van der Waals surface area (Å²) in [7, 11) is 0. The molecule has 48 heavy (non-hydrogen) atoms. The number of aromatic nitrogens is 5. The van der Waals surface area contributed by atoms with Crippen LogP contribution in [0.15, 0.2) is 134 Å². The number of pyridine rings is 1. The van der Waals surface area contributed by atoms with Crippen molar-refractivity contribution in [2.75, 3.05) is 0 Å². The van der Waals surface area contributed by atoms with Crippen LogP contribution in [0, 0.1) is 11.3 Å². The lowest BCUT2D eigenvalue weighted by Gasteiger charge is -2.11. The van der Waals surface area contributed by atoms with Gasteiger partial charge in [0.1, 0.15) is 0 Å². The summed E-state index contributed by atoms with van der Waals surface area (Å²) in [5.41, 5.74) is 8.45. The standard InChI is InChI=1S/C42H22N6/c43-23-24-9-7-11-26(21-24)39-30-15-8-20-44-41(30)46-42(45-39)48-33-17-6-4-14-29(33)37-35(48)22-31-28-13-3-5-16-32(28)47-34-19-18-25-10-1-2-12-27(25)36(34)38(37)40(31)47/h1-22H. The summed E-state index contributed by atoms with van der Waals surface area (Å²) >= 11 is 0. The van der Waals surface area contributed by atoms with Crippen LogP contribution in [0.4, 0.5) is 0 Å². The van der Waals surface area contributed by atoms with Crippen LogP contribution in [0.5, 0.6) is 0 Å². The Morgan fingerprint density at radius 3 is 2.21 bits per heavy atom. The average molecular weight is 611 g/mol. The largest absolute Gasteiger partial charge is 0.308 e. The second-order valence-corrected chi connectivity index (χ2v) is 12.4. The Kier molecular flexibility index (Phi) is 4.82. The maximum Gasteiger partial charge on any atom is 0.237 e. The van der Waals surface area contributed by atoms with Gasteiger partial charge in [-0.25, -0.2) is 9.97 Å². The van der Waals surface area contributed by atoms with Crippen LogP contribution in [0.3, 0.4) is 0 Å². The van der Waals surface area contributed by atoms with Crippen LogP contribution in [0.25, 0.3) is 98.9 Å². The van der Waals surface area contributed by atoms with Gasteiger partial charge in [0.15, 0.2) is 5.65 Å². The van der Waals surface area contributed by atoms with E-state index in [9.17, 15) is 5.26 Å². The number of benzene rings is 6. The third-order valence-corrected chi connectivity index (χ3v) is 9.92. The predicted octanol–water partition coefficient (Wildman–Crippen LogP) is 9.96. The van der Waals surface area contributed by atoms with E-state index in [2.05, 4.69) is 106 Å². The summed E-state index contributed by atoms with van der Waals surface area (Å²) in [5, 5.41) is 20.2.